The fourth-order valence-corrected chi connectivity index (χ4v) is 2.18. The van der Waals surface area contributed by atoms with E-state index in [4.69, 9.17) is 10.5 Å². The van der Waals surface area contributed by atoms with E-state index in [0.29, 0.717) is 5.75 Å². The van der Waals surface area contributed by atoms with E-state index in [2.05, 4.69) is 16.8 Å². The van der Waals surface area contributed by atoms with Gasteiger partial charge in [0.15, 0.2) is 6.29 Å². The number of aliphatic hydroxyl groups excluding tert-OH is 1. The molecule has 0 aromatic rings. The molecule has 0 aliphatic carbocycles. The summed E-state index contributed by atoms with van der Waals surface area (Å²) in [6.07, 6.45) is -1.99. The van der Waals surface area contributed by atoms with Crippen LogP contribution >= 0.6 is 12.6 Å². The molecular formula is C6H13NO5S2. The lowest BCUT2D eigenvalue weighted by atomic mass is 10.1. The van der Waals surface area contributed by atoms with Gasteiger partial charge in [-0.05, 0) is 0 Å². The van der Waals surface area contributed by atoms with Crippen molar-refractivity contribution in [3.05, 3.63) is 0 Å². The van der Waals surface area contributed by atoms with Gasteiger partial charge in [0.2, 0.25) is 0 Å². The molecule has 3 N–H and O–H groups in total. The van der Waals surface area contributed by atoms with Gasteiger partial charge >= 0.3 is 0 Å². The first-order chi connectivity index (χ1) is 6.35. The Kier molecular flexibility index (Phi) is 3.78. The highest BCUT2D eigenvalue weighted by Crippen LogP contribution is 2.22. The predicted octanol–water partition coefficient (Wildman–Crippen LogP) is -1.69. The Morgan fingerprint density at radius 1 is 1.64 bits per heavy atom. The SMILES string of the molecule is CS(=O)(=O)OC1C(O)OC(CS)C1N. The van der Waals surface area contributed by atoms with Gasteiger partial charge in [-0.1, -0.05) is 0 Å². The molecule has 1 fully saturated rings. The number of hydrogen-bond donors (Lipinski definition) is 3. The molecule has 4 atom stereocenters. The van der Waals surface area contributed by atoms with Crippen molar-refractivity contribution in [2.45, 2.75) is 24.5 Å². The zero-order chi connectivity index (χ0) is 10.9. The summed E-state index contributed by atoms with van der Waals surface area (Å²) in [5, 5.41) is 9.30. The lowest BCUT2D eigenvalue weighted by molar-refractivity contribution is -0.116. The fraction of sp³-hybridized carbons (Fsp3) is 1.00. The topological polar surface area (TPSA) is 98.9 Å². The maximum atomic E-state index is 10.8. The minimum atomic E-state index is -3.65. The number of rotatable bonds is 3. The van der Waals surface area contributed by atoms with Crippen LogP contribution < -0.4 is 5.73 Å². The molecule has 0 saturated carbocycles. The fourth-order valence-electron chi connectivity index (χ4n) is 1.23. The van der Waals surface area contributed by atoms with E-state index in [1.165, 1.54) is 0 Å². The second-order valence-corrected chi connectivity index (χ2v) is 5.06. The molecule has 14 heavy (non-hydrogen) atoms. The molecule has 1 aliphatic rings. The predicted molar refractivity (Wildman–Crippen MR) is 52.4 cm³/mol. The minimum Gasteiger partial charge on any atom is -0.366 e. The van der Waals surface area contributed by atoms with E-state index in [1.807, 2.05) is 0 Å². The van der Waals surface area contributed by atoms with Crippen molar-refractivity contribution in [2.75, 3.05) is 12.0 Å². The van der Waals surface area contributed by atoms with Crippen LogP contribution in [0.2, 0.25) is 0 Å². The van der Waals surface area contributed by atoms with Crippen LogP contribution in [0.4, 0.5) is 0 Å². The Bertz CT molecular complexity index is 293. The summed E-state index contributed by atoms with van der Waals surface area (Å²) in [5.74, 6) is 0.294. The van der Waals surface area contributed by atoms with Crippen LogP contribution in [-0.2, 0) is 19.0 Å². The normalized spacial score (nSPS) is 38.9. The number of ether oxygens (including phenoxy) is 1. The molecule has 4 unspecified atom stereocenters. The third-order valence-corrected chi connectivity index (χ3v) is 2.80. The van der Waals surface area contributed by atoms with E-state index in [1.54, 1.807) is 0 Å². The Morgan fingerprint density at radius 2 is 2.21 bits per heavy atom. The third-order valence-electron chi connectivity index (χ3n) is 1.87. The molecular weight excluding hydrogens is 230 g/mol. The average Bonchev–Trinajstić information content (AvgIpc) is 2.29. The Morgan fingerprint density at radius 3 is 2.57 bits per heavy atom. The summed E-state index contributed by atoms with van der Waals surface area (Å²) >= 11 is 3.95. The summed E-state index contributed by atoms with van der Waals surface area (Å²) < 4.78 is 31.2. The van der Waals surface area contributed by atoms with Gasteiger partial charge in [-0.3, -0.25) is 4.18 Å². The molecule has 1 rings (SSSR count). The van der Waals surface area contributed by atoms with Gasteiger partial charge in [0.05, 0.1) is 18.4 Å². The largest absolute Gasteiger partial charge is 0.366 e. The van der Waals surface area contributed by atoms with Crippen molar-refractivity contribution in [1.29, 1.82) is 0 Å². The van der Waals surface area contributed by atoms with Gasteiger partial charge in [0.25, 0.3) is 10.1 Å². The van der Waals surface area contributed by atoms with Crippen molar-refractivity contribution in [1.82, 2.24) is 0 Å². The van der Waals surface area contributed by atoms with E-state index in [-0.39, 0.29) is 0 Å². The lowest BCUT2D eigenvalue weighted by Gasteiger charge is -2.16. The molecule has 8 heteroatoms. The zero-order valence-corrected chi connectivity index (χ0v) is 9.24. The summed E-state index contributed by atoms with van der Waals surface area (Å²) in [6, 6.07) is -0.697. The van der Waals surface area contributed by atoms with E-state index < -0.39 is 34.7 Å². The molecule has 0 bridgehead atoms. The third kappa shape index (κ3) is 2.81. The summed E-state index contributed by atoms with van der Waals surface area (Å²) in [6.45, 7) is 0. The molecule has 0 radical (unpaired) electrons. The summed E-state index contributed by atoms with van der Waals surface area (Å²) in [4.78, 5) is 0. The van der Waals surface area contributed by atoms with Crippen LogP contribution in [-0.4, -0.2) is 50.1 Å². The zero-order valence-electron chi connectivity index (χ0n) is 7.53. The van der Waals surface area contributed by atoms with Gasteiger partial charge in [0, 0.05) is 5.75 Å². The van der Waals surface area contributed by atoms with Gasteiger partial charge in [-0.2, -0.15) is 21.0 Å². The van der Waals surface area contributed by atoms with Crippen molar-refractivity contribution in [3.8, 4) is 0 Å². The van der Waals surface area contributed by atoms with E-state index >= 15 is 0 Å². The maximum absolute atomic E-state index is 10.8. The minimum absolute atomic E-state index is 0.294. The standard InChI is InChI=1S/C6H13NO5S2/c1-14(9,10)12-5-4(7)3(2-13)11-6(5)8/h3-6,8,13H,2,7H2,1H3. The highest BCUT2D eigenvalue weighted by molar-refractivity contribution is 7.86. The second-order valence-electron chi connectivity index (χ2n) is 3.09. The second kappa shape index (κ2) is 4.33. The first-order valence-electron chi connectivity index (χ1n) is 3.93. The highest BCUT2D eigenvalue weighted by atomic mass is 32.2. The maximum Gasteiger partial charge on any atom is 0.264 e. The molecule has 0 aromatic carbocycles. The number of thiol groups is 1. The first kappa shape index (κ1) is 12.2. The number of hydrogen-bond acceptors (Lipinski definition) is 7. The smallest absolute Gasteiger partial charge is 0.264 e. The highest BCUT2D eigenvalue weighted by Gasteiger charge is 2.43. The molecule has 1 heterocycles. The number of aliphatic hydroxyl groups is 1. The van der Waals surface area contributed by atoms with Gasteiger partial charge in [0.1, 0.15) is 6.10 Å². The van der Waals surface area contributed by atoms with Gasteiger partial charge in [-0.25, -0.2) is 0 Å². The summed E-state index contributed by atoms with van der Waals surface area (Å²) in [7, 11) is -3.65. The van der Waals surface area contributed by atoms with Gasteiger partial charge in [-0.15, -0.1) is 0 Å². The van der Waals surface area contributed by atoms with Crippen molar-refractivity contribution < 1.29 is 22.4 Å². The quantitative estimate of drug-likeness (QED) is 0.404. The van der Waals surface area contributed by atoms with Crippen LogP contribution in [0.5, 0.6) is 0 Å². The Balaban J connectivity index is 2.70. The van der Waals surface area contributed by atoms with Crippen LogP contribution in [0.1, 0.15) is 0 Å². The molecule has 0 aromatic heterocycles. The van der Waals surface area contributed by atoms with Crippen LogP contribution in [0.25, 0.3) is 0 Å². The molecule has 1 saturated heterocycles. The average molecular weight is 243 g/mol. The van der Waals surface area contributed by atoms with Crippen LogP contribution in [0.15, 0.2) is 0 Å². The summed E-state index contributed by atoms with van der Waals surface area (Å²) in [5.41, 5.74) is 5.61. The lowest BCUT2D eigenvalue weighted by Crippen LogP contribution is -2.43. The molecule has 6 nitrogen and oxygen atoms in total. The number of nitrogens with two attached hydrogens (primary N) is 1. The monoisotopic (exact) mass is 243 g/mol. The molecule has 0 spiro atoms. The van der Waals surface area contributed by atoms with Crippen molar-refractivity contribution >= 4 is 22.7 Å². The molecule has 0 amide bonds. The van der Waals surface area contributed by atoms with Crippen molar-refractivity contribution in [3.63, 3.8) is 0 Å². The van der Waals surface area contributed by atoms with Crippen LogP contribution in [0.3, 0.4) is 0 Å². The van der Waals surface area contributed by atoms with E-state index in [9.17, 15) is 13.5 Å². The Labute approximate surface area is 87.9 Å². The van der Waals surface area contributed by atoms with Crippen LogP contribution in [0, 0.1) is 0 Å². The molecule has 1 aliphatic heterocycles. The van der Waals surface area contributed by atoms with E-state index in [0.717, 1.165) is 6.26 Å². The van der Waals surface area contributed by atoms with Crippen molar-refractivity contribution in [2.24, 2.45) is 5.73 Å². The van der Waals surface area contributed by atoms with Gasteiger partial charge < -0.3 is 15.6 Å². The molecule has 84 valence electrons. The Hall–Kier alpha value is 0.140. The first-order valence-corrected chi connectivity index (χ1v) is 6.38.